The Morgan fingerprint density at radius 2 is 1.82 bits per heavy atom. The lowest BCUT2D eigenvalue weighted by Crippen LogP contribution is -2.44. The quantitative estimate of drug-likeness (QED) is 0.470. The fraction of sp³-hybridized carbons (Fsp3) is 0.550. The monoisotopic (exact) mass is 498 g/mol. The third kappa shape index (κ3) is 3.84. The Kier molecular flexibility index (Phi) is 5.32. The molecule has 3 aliphatic heterocycles. The first-order chi connectivity index (χ1) is 15.6. The molecule has 3 saturated heterocycles. The van der Waals surface area contributed by atoms with E-state index in [1.54, 1.807) is 9.03 Å². The highest BCUT2D eigenvalue weighted by molar-refractivity contribution is 7.92. The van der Waals surface area contributed by atoms with Crippen molar-refractivity contribution in [3.8, 4) is 17.6 Å². The van der Waals surface area contributed by atoms with Gasteiger partial charge in [0, 0.05) is 19.0 Å². The average molecular weight is 499 g/mol. The van der Waals surface area contributed by atoms with Crippen molar-refractivity contribution in [2.75, 3.05) is 37.0 Å². The maximum absolute atomic E-state index is 15.0. The van der Waals surface area contributed by atoms with Gasteiger partial charge in [0.05, 0.1) is 10.8 Å². The van der Waals surface area contributed by atoms with Gasteiger partial charge >= 0.3 is 10.2 Å². The van der Waals surface area contributed by atoms with Crippen molar-refractivity contribution in [1.29, 1.82) is 0 Å². The number of nitrogens with one attached hydrogen (secondary N) is 2. The zero-order chi connectivity index (χ0) is 23.5. The highest BCUT2D eigenvalue weighted by atomic mass is 32.2. The van der Waals surface area contributed by atoms with E-state index in [-0.39, 0.29) is 28.6 Å². The number of carbonyl (C=O) groups is 1. The molecule has 178 valence electrons. The number of rotatable bonds is 3. The van der Waals surface area contributed by atoms with Crippen LogP contribution in [-0.2, 0) is 25.0 Å². The summed E-state index contributed by atoms with van der Waals surface area (Å²) in [6.45, 7) is 1.56. The van der Waals surface area contributed by atoms with Crippen LogP contribution < -0.4 is 14.3 Å². The number of anilines is 1. The van der Waals surface area contributed by atoms with Crippen molar-refractivity contribution in [2.24, 2.45) is 17.8 Å². The average Bonchev–Trinajstić information content (AvgIpc) is 3.07. The van der Waals surface area contributed by atoms with E-state index >= 15 is 4.39 Å². The molecular weight excluding hydrogens is 475 g/mol. The summed E-state index contributed by atoms with van der Waals surface area (Å²) in [5.41, 5.74) is -0.739. The van der Waals surface area contributed by atoms with Crippen molar-refractivity contribution in [2.45, 2.75) is 18.1 Å². The maximum atomic E-state index is 15.0. The minimum Gasteiger partial charge on any atom is -0.506 e. The Bertz CT molecular complexity index is 1270. The first-order valence-electron chi connectivity index (χ1n) is 10.7. The summed E-state index contributed by atoms with van der Waals surface area (Å²) in [5, 5.41) is 12.8. The molecule has 3 N–H and O–H groups in total. The second kappa shape index (κ2) is 7.83. The molecule has 3 heterocycles. The molecular formula is C20H23FN4O6S2. The van der Waals surface area contributed by atoms with E-state index < -0.39 is 49.9 Å². The van der Waals surface area contributed by atoms with Crippen LogP contribution in [0.5, 0.6) is 5.75 Å². The molecule has 1 aromatic rings. The number of sulfonamides is 1. The lowest BCUT2D eigenvalue weighted by molar-refractivity contribution is -0.117. The molecule has 10 nitrogen and oxygen atoms in total. The predicted molar refractivity (Wildman–Crippen MR) is 116 cm³/mol. The number of halogens is 1. The first-order valence-corrected chi connectivity index (χ1v) is 13.6. The van der Waals surface area contributed by atoms with Crippen LogP contribution in [0, 0.1) is 35.4 Å². The Morgan fingerprint density at radius 1 is 1.15 bits per heavy atom. The summed E-state index contributed by atoms with van der Waals surface area (Å²) < 4.78 is 68.6. The third-order valence-electron chi connectivity index (χ3n) is 6.77. The number of phenolic OH excluding ortho intramolecular Hbond substituents is 1. The summed E-state index contributed by atoms with van der Waals surface area (Å²) >= 11 is 0. The summed E-state index contributed by atoms with van der Waals surface area (Å²) in [4.78, 5) is 11.5. The van der Waals surface area contributed by atoms with Crippen molar-refractivity contribution in [3.05, 3.63) is 23.5 Å². The van der Waals surface area contributed by atoms with Crippen LogP contribution in [0.15, 0.2) is 12.1 Å². The van der Waals surface area contributed by atoms with E-state index in [4.69, 9.17) is 0 Å². The molecule has 1 unspecified atom stereocenters. The van der Waals surface area contributed by atoms with Crippen molar-refractivity contribution >= 4 is 31.8 Å². The van der Waals surface area contributed by atoms with Gasteiger partial charge in [-0.3, -0.25) is 4.79 Å². The van der Waals surface area contributed by atoms with Gasteiger partial charge in [-0.15, -0.1) is 0 Å². The fourth-order valence-corrected chi connectivity index (χ4v) is 8.09. The number of piperidine rings is 2. The number of fused-ring (bicyclic) bond motifs is 1. The Hall–Kier alpha value is -2.40. The highest BCUT2D eigenvalue weighted by Gasteiger charge is 2.58. The SMILES string of the molecule is O=C1CN(c2c(O)ccc(C#CC3[C@H]4CN(S(=O)(=O)C5CCNCC5)C[C@@H]34)c2F)S(=O)(=O)N1. The number of phenols is 1. The largest absolute Gasteiger partial charge is 0.506 e. The summed E-state index contributed by atoms with van der Waals surface area (Å²) in [6, 6.07) is 2.37. The van der Waals surface area contributed by atoms with Crippen molar-refractivity contribution < 1.29 is 31.1 Å². The normalized spacial score (nSPS) is 29.3. The van der Waals surface area contributed by atoms with E-state index in [9.17, 15) is 26.7 Å². The minimum absolute atomic E-state index is 0.0695. The van der Waals surface area contributed by atoms with E-state index in [1.807, 2.05) is 0 Å². The molecule has 0 radical (unpaired) electrons. The van der Waals surface area contributed by atoms with E-state index in [1.165, 1.54) is 6.07 Å². The number of carbonyl (C=O) groups excluding carboxylic acids is 1. The number of nitrogens with zero attached hydrogens (tertiary/aromatic N) is 2. The van der Waals surface area contributed by atoms with Crippen molar-refractivity contribution in [1.82, 2.24) is 14.3 Å². The van der Waals surface area contributed by atoms with Crippen LogP contribution in [0.1, 0.15) is 18.4 Å². The molecule has 0 spiro atoms. The number of aromatic hydroxyl groups is 1. The fourth-order valence-electron chi connectivity index (χ4n) is 4.91. The van der Waals surface area contributed by atoms with Gasteiger partial charge in [0.15, 0.2) is 5.82 Å². The van der Waals surface area contributed by atoms with Crippen LogP contribution in [0.25, 0.3) is 0 Å². The summed E-state index contributed by atoms with van der Waals surface area (Å²) in [5.74, 6) is 3.31. The molecule has 0 bridgehead atoms. The summed E-state index contributed by atoms with van der Waals surface area (Å²) in [7, 11) is -7.63. The Morgan fingerprint density at radius 3 is 2.42 bits per heavy atom. The molecule has 1 aromatic carbocycles. The zero-order valence-electron chi connectivity index (χ0n) is 17.5. The lowest BCUT2D eigenvalue weighted by Gasteiger charge is -2.28. The Balaban J connectivity index is 1.30. The standard InChI is InChI=1S/C20H23FN4O6S2/c21-19-12(2-4-17(26)20(19)25-11-18(27)23-33(25,30)31)1-3-14-15-9-24(10-16(14)15)32(28,29)13-5-7-22-8-6-13/h2,4,13-16,22,26H,5-11H2,(H,23,27)/t14?,15-,16+. The van der Waals surface area contributed by atoms with Crippen LogP contribution in [0.4, 0.5) is 10.1 Å². The number of hydrogen-bond acceptors (Lipinski definition) is 7. The molecule has 4 aliphatic rings. The topological polar surface area (TPSA) is 136 Å². The molecule has 4 fully saturated rings. The molecule has 0 aromatic heterocycles. The van der Waals surface area contributed by atoms with Crippen LogP contribution in [0.3, 0.4) is 0 Å². The van der Waals surface area contributed by atoms with Gasteiger partial charge < -0.3 is 10.4 Å². The van der Waals surface area contributed by atoms with Gasteiger partial charge in [-0.05, 0) is 49.9 Å². The second-order valence-electron chi connectivity index (χ2n) is 8.77. The van der Waals surface area contributed by atoms with E-state index in [0.29, 0.717) is 43.3 Å². The van der Waals surface area contributed by atoms with Crippen molar-refractivity contribution in [3.63, 3.8) is 0 Å². The number of amides is 1. The van der Waals surface area contributed by atoms with Crippen LogP contribution in [0.2, 0.25) is 0 Å². The zero-order valence-corrected chi connectivity index (χ0v) is 19.1. The Labute approximate surface area is 191 Å². The van der Waals surface area contributed by atoms with Crippen LogP contribution >= 0.6 is 0 Å². The number of benzene rings is 1. The minimum atomic E-state index is -4.29. The van der Waals surface area contributed by atoms with Gasteiger partial charge in [-0.1, -0.05) is 11.8 Å². The second-order valence-corrected chi connectivity index (χ2v) is 12.6. The van der Waals surface area contributed by atoms with Gasteiger partial charge in [0.2, 0.25) is 10.0 Å². The molecule has 1 aliphatic carbocycles. The maximum Gasteiger partial charge on any atom is 0.326 e. The van der Waals surface area contributed by atoms with Gasteiger partial charge in [0.25, 0.3) is 5.91 Å². The van der Waals surface area contributed by atoms with Gasteiger partial charge in [-0.25, -0.2) is 26.1 Å². The van der Waals surface area contributed by atoms with Crippen LogP contribution in [-0.4, -0.2) is 70.1 Å². The molecule has 13 heteroatoms. The third-order valence-corrected chi connectivity index (χ3v) is 10.5. The predicted octanol–water partition coefficient (Wildman–Crippen LogP) is -0.677. The molecule has 1 amide bonds. The van der Waals surface area contributed by atoms with Gasteiger partial charge in [0.1, 0.15) is 18.0 Å². The van der Waals surface area contributed by atoms with E-state index in [2.05, 4.69) is 17.2 Å². The lowest BCUT2D eigenvalue weighted by atomic mass is 10.1. The summed E-state index contributed by atoms with van der Waals surface area (Å²) in [6.07, 6.45) is 1.21. The number of hydrogen-bond donors (Lipinski definition) is 3. The molecule has 3 atom stereocenters. The van der Waals surface area contributed by atoms with E-state index in [0.717, 1.165) is 6.07 Å². The first kappa shape index (κ1) is 22.4. The molecule has 5 rings (SSSR count). The molecule has 1 saturated carbocycles. The smallest absolute Gasteiger partial charge is 0.326 e. The molecule has 33 heavy (non-hydrogen) atoms. The highest BCUT2D eigenvalue weighted by Crippen LogP contribution is 2.52. The van der Waals surface area contributed by atoms with Gasteiger partial charge in [-0.2, -0.15) is 8.42 Å².